The highest BCUT2D eigenvalue weighted by atomic mass is 32.2. The molecule has 19 heavy (non-hydrogen) atoms. The highest BCUT2D eigenvalue weighted by molar-refractivity contribution is 7.99. The fourth-order valence-electron chi connectivity index (χ4n) is 2.44. The summed E-state index contributed by atoms with van der Waals surface area (Å²) < 4.78 is 0. The molecule has 0 aromatic heterocycles. The zero-order valence-electron chi connectivity index (χ0n) is 11.7. The molecule has 0 fully saturated rings. The number of nitrogens with zero attached hydrogens (tertiary/aromatic N) is 1. The number of amides is 1. The Hall–Kier alpha value is -1.00. The Morgan fingerprint density at radius 3 is 2.84 bits per heavy atom. The van der Waals surface area contributed by atoms with E-state index in [9.17, 15) is 4.79 Å². The number of hydrogen-bond acceptors (Lipinski definition) is 3. The van der Waals surface area contributed by atoms with Gasteiger partial charge in [-0.15, -0.1) is 11.8 Å². The number of hydrogen-bond donors (Lipinski definition) is 1. The van der Waals surface area contributed by atoms with E-state index in [4.69, 9.17) is 0 Å². The third kappa shape index (κ3) is 3.51. The van der Waals surface area contributed by atoms with Gasteiger partial charge < -0.3 is 10.2 Å². The van der Waals surface area contributed by atoms with Crippen LogP contribution in [0.1, 0.15) is 25.3 Å². The van der Waals surface area contributed by atoms with Crippen molar-refractivity contribution in [3.63, 3.8) is 0 Å². The normalized spacial score (nSPS) is 17.3. The topological polar surface area (TPSA) is 32.3 Å². The SMILES string of the molecule is CCN(CC)C(=O)CNCC1CSc2ccccc21. The van der Waals surface area contributed by atoms with Gasteiger partial charge in [0.2, 0.25) is 5.91 Å². The molecule has 0 aliphatic carbocycles. The molecule has 0 bridgehead atoms. The van der Waals surface area contributed by atoms with Crippen LogP contribution in [0.4, 0.5) is 0 Å². The second-order valence-corrected chi connectivity index (χ2v) is 5.80. The lowest BCUT2D eigenvalue weighted by molar-refractivity contribution is -0.129. The van der Waals surface area contributed by atoms with E-state index in [0.717, 1.165) is 25.4 Å². The van der Waals surface area contributed by atoms with Crippen molar-refractivity contribution in [2.45, 2.75) is 24.7 Å². The standard InChI is InChI=1S/C15H22N2OS/c1-3-17(4-2)15(18)10-16-9-12-11-19-14-8-6-5-7-13(12)14/h5-8,12,16H,3-4,9-11H2,1-2H3. The first-order valence-electron chi connectivity index (χ1n) is 6.96. The second kappa shape index (κ2) is 6.96. The van der Waals surface area contributed by atoms with Gasteiger partial charge in [-0.25, -0.2) is 0 Å². The van der Waals surface area contributed by atoms with Crippen LogP contribution >= 0.6 is 11.8 Å². The third-order valence-corrected chi connectivity index (χ3v) is 4.83. The molecule has 1 unspecified atom stereocenters. The maximum absolute atomic E-state index is 11.9. The van der Waals surface area contributed by atoms with E-state index in [1.54, 1.807) is 0 Å². The van der Waals surface area contributed by atoms with Gasteiger partial charge in [0.15, 0.2) is 0 Å². The number of rotatable bonds is 6. The summed E-state index contributed by atoms with van der Waals surface area (Å²) in [5, 5.41) is 3.31. The van der Waals surface area contributed by atoms with Crippen molar-refractivity contribution in [2.24, 2.45) is 0 Å². The molecule has 0 saturated heterocycles. The van der Waals surface area contributed by atoms with Crippen LogP contribution in [0, 0.1) is 0 Å². The van der Waals surface area contributed by atoms with E-state index >= 15 is 0 Å². The molecule has 1 aromatic rings. The van der Waals surface area contributed by atoms with Crippen LogP contribution < -0.4 is 5.32 Å². The number of carbonyl (C=O) groups is 1. The summed E-state index contributed by atoms with van der Waals surface area (Å²) in [5.41, 5.74) is 1.43. The summed E-state index contributed by atoms with van der Waals surface area (Å²) in [6.07, 6.45) is 0. The molecule has 1 atom stereocenters. The lowest BCUT2D eigenvalue weighted by atomic mass is 10.0. The smallest absolute Gasteiger partial charge is 0.236 e. The van der Waals surface area contributed by atoms with E-state index in [2.05, 4.69) is 29.6 Å². The molecule has 0 radical (unpaired) electrons. The van der Waals surface area contributed by atoms with Crippen LogP contribution in [0.5, 0.6) is 0 Å². The number of thioether (sulfide) groups is 1. The number of fused-ring (bicyclic) bond motifs is 1. The largest absolute Gasteiger partial charge is 0.342 e. The van der Waals surface area contributed by atoms with E-state index in [1.807, 2.05) is 30.5 Å². The number of benzene rings is 1. The summed E-state index contributed by atoms with van der Waals surface area (Å²) in [7, 11) is 0. The van der Waals surface area contributed by atoms with Crippen molar-refractivity contribution in [3.8, 4) is 0 Å². The first-order chi connectivity index (χ1) is 9.26. The molecule has 0 saturated carbocycles. The van der Waals surface area contributed by atoms with Crippen molar-refractivity contribution in [1.29, 1.82) is 0 Å². The summed E-state index contributed by atoms with van der Waals surface area (Å²) in [6.45, 7) is 6.96. The minimum absolute atomic E-state index is 0.198. The zero-order chi connectivity index (χ0) is 13.7. The van der Waals surface area contributed by atoms with Crippen molar-refractivity contribution in [1.82, 2.24) is 10.2 Å². The van der Waals surface area contributed by atoms with Gasteiger partial charge in [-0.2, -0.15) is 0 Å². The number of likely N-dealkylation sites (N-methyl/N-ethyl adjacent to an activating group) is 1. The molecular weight excluding hydrogens is 256 g/mol. The Morgan fingerprint density at radius 1 is 1.37 bits per heavy atom. The molecule has 1 amide bonds. The Bertz CT molecular complexity index is 432. The summed E-state index contributed by atoms with van der Waals surface area (Å²) >= 11 is 1.91. The lowest BCUT2D eigenvalue weighted by Gasteiger charge is -2.19. The summed E-state index contributed by atoms with van der Waals surface area (Å²) in [5.74, 6) is 1.85. The van der Waals surface area contributed by atoms with E-state index in [1.165, 1.54) is 10.5 Å². The average Bonchev–Trinajstić information content (AvgIpc) is 2.84. The van der Waals surface area contributed by atoms with E-state index in [-0.39, 0.29) is 5.91 Å². The van der Waals surface area contributed by atoms with Gasteiger partial charge >= 0.3 is 0 Å². The predicted molar refractivity (Wildman–Crippen MR) is 80.7 cm³/mol. The number of nitrogens with one attached hydrogen (secondary N) is 1. The van der Waals surface area contributed by atoms with Crippen molar-refractivity contribution >= 4 is 17.7 Å². The molecule has 3 nitrogen and oxygen atoms in total. The first-order valence-corrected chi connectivity index (χ1v) is 7.95. The van der Waals surface area contributed by atoms with Crippen molar-refractivity contribution in [3.05, 3.63) is 29.8 Å². The van der Waals surface area contributed by atoms with Gasteiger partial charge in [0.05, 0.1) is 6.54 Å². The van der Waals surface area contributed by atoms with Gasteiger partial charge in [-0.1, -0.05) is 18.2 Å². The monoisotopic (exact) mass is 278 g/mol. The molecular formula is C15H22N2OS. The van der Waals surface area contributed by atoms with Gasteiger partial charge in [0.1, 0.15) is 0 Å². The van der Waals surface area contributed by atoms with Crippen LogP contribution in [0.25, 0.3) is 0 Å². The molecule has 1 aliphatic heterocycles. The highest BCUT2D eigenvalue weighted by Crippen LogP contribution is 2.38. The van der Waals surface area contributed by atoms with Crippen LogP contribution in [-0.2, 0) is 4.79 Å². The molecule has 4 heteroatoms. The maximum atomic E-state index is 11.9. The fourth-order valence-corrected chi connectivity index (χ4v) is 3.69. The third-order valence-electron chi connectivity index (χ3n) is 3.58. The highest BCUT2D eigenvalue weighted by Gasteiger charge is 2.22. The van der Waals surface area contributed by atoms with Crippen LogP contribution in [0.2, 0.25) is 0 Å². The minimum Gasteiger partial charge on any atom is -0.342 e. The Balaban J connectivity index is 1.80. The predicted octanol–water partition coefficient (Wildman–Crippen LogP) is 2.33. The fraction of sp³-hybridized carbons (Fsp3) is 0.533. The Kier molecular flexibility index (Phi) is 5.28. The zero-order valence-corrected chi connectivity index (χ0v) is 12.5. The van der Waals surface area contributed by atoms with Gasteiger partial charge in [0, 0.05) is 36.2 Å². The quantitative estimate of drug-likeness (QED) is 0.867. The van der Waals surface area contributed by atoms with Gasteiger partial charge in [0.25, 0.3) is 0 Å². The second-order valence-electron chi connectivity index (χ2n) is 4.74. The lowest BCUT2D eigenvalue weighted by Crippen LogP contribution is -2.39. The van der Waals surface area contributed by atoms with Crippen molar-refractivity contribution < 1.29 is 4.79 Å². The summed E-state index contributed by atoms with van der Waals surface area (Å²) in [4.78, 5) is 15.1. The van der Waals surface area contributed by atoms with Crippen molar-refractivity contribution in [2.75, 3.05) is 31.9 Å². The molecule has 1 heterocycles. The van der Waals surface area contributed by atoms with Crippen LogP contribution in [0.3, 0.4) is 0 Å². The van der Waals surface area contributed by atoms with Crippen LogP contribution in [-0.4, -0.2) is 42.7 Å². The van der Waals surface area contributed by atoms with E-state index < -0.39 is 0 Å². The first kappa shape index (κ1) is 14.4. The average molecular weight is 278 g/mol. The number of carbonyl (C=O) groups excluding carboxylic acids is 1. The Labute approximate surface area is 119 Å². The van der Waals surface area contributed by atoms with Gasteiger partial charge in [-0.3, -0.25) is 4.79 Å². The Morgan fingerprint density at radius 2 is 2.11 bits per heavy atom. The summed E-state index contributed by atoms with van der Waals surface area (Å²) in [6, 6.07) is 8.57. The molecule has 1 N–H and O–H groups in total. The molecule has 1 aromatic carbocycles. The minimum atomic E-state index is 0.198. The van der Waals surface area contributed by atoms with E-state index in [0.29, 0.717) is 12.5 Å². The molecule has 104 valence electrons. The maximum Gasteiger partial charge on any atom is 0.236 e. The molecule has 0 spiro atoms. The van der Waals surface area contributed by atoms with Gasteiger partial charge in [-0.05, 0) is 25.5 Å². The molecule has 2 rings (SSSR count). The molecule has 1 aliphatic rings. The van der Waals surface area contributed by atoms with Crippen LogP contribution in [0.15, 0.2) is 29.2 Å².